The molecule has 4 rings (SSSR count). The third kappa shape index (κ3) is 3.39. The number of likely N-dealkylation sites (tertiary alicyclic amines) is 1. The van der Waals surface area contributed by atoms with Crippen molar-refractivity contribution < 1.29 is 8.81 Å². The third-order valence-corrected chi connectivity index (χ3v) is 5.20. The summed E-state index contributed by atoms with van der Waals surface area (Å²) in [7, 11) is 0. The number of nitrogens with zero attached hydrogens (tertiary/aromatic N) is 3. The first-order chi connectivity index (χ1) is 11.8. The second kappa shape index (κ2) is 6.83. The molecule has 0 N–H and O–H groups in total. The molecule has 3 heterocycles. The minimum absolute atomic E-state index is 0.192. The monoisotopic (exact) mass is 343 g/mol. The Balaban J connectivity index is 1.44. The van der Waals surface area contributed by atoms with E-state index in [4.69, 9.17) is 4.42 Å². The van der Waals surface area contributed by atoms with E-state index in [-0.39, 0.29) is 11.7 Å². The first-order valence-corrected chi connectivity index (χ1v) is 9.00. The molecule has 0 bridgehead atoms. The Bertz CT molecular complexity index is 785. The predicted molar refractivity (Wildman–Crippen MR) is 91.3 cm³/mol. The lowest BCUT2D eigenvalue weighted by Gasteiger charge is -2.31. The number of rotatable bonds is 4. The van der Waals surface area contributed by atoms with E-state index >= 15 is 0 Å². The van der Waals surface area contributed by atoms with Crippen LogP contribution in [0.3, 0.4) is 0 Å². The Morgan fingerprint density at radius 1 is 1.21 bits per heavy atom. The highest BCUT2D eigenvalue weighted by molar-refractivity contribution is 7.13. The quantitative estimate of drug-likeness (QED) is 0.708. The lowest BCUT2D eigenvalue weighted by molar-refractivity contribution is 0.186. The van der Waals surface area contributed by atoms with E-state index < -0.39 is 0 Å². The maximum atomic E-state index is 13.0. The van der Waals surface area contributed by atoms with Crippen LogP contribution in [0.25, 0.3) is 10.8 Å². The lowest BCUT2D eigenvalue weighted by atomic mass is 9.97. The molecule has 4 nitrogen and oxygen atoms in total. The van der Waals surface area contributed by atoms with Gasteiger partial charge in [0.15, 0.2) is 0 Å². The Labute approximate surface area is 143 Å². The Morgan fingerprint density at radius 3 is 2.88 bits per heavy atom. The van der Waals surface area contributed by atoms with Gasteiger partial charge in [-0.15, -0.1) is 21.5 Å². The van der Waals surface area contributed by atoms with Crippen LogP contribution in [0.5, 0.6) is 0 Å². The molecule has 1 aromatic carbocycles. The van der Waals surface area contributed by atoms with Crippen LogP contribution < -0.4 is 0 Å². The topological polar surface area (TPSA) is 42.2 Å². The summed E-state index contributed by atoms with van der Waals surface area (Å²) in [6, 6.07) is 10.7. The van der Waals surface area contributed by atoms with Gasteiger partial charge < -0.3 is 4.42 Å². The van der Waals surface area contributed by atoms with Gasteiger partial charge >= 0.3 is 0 Å². The number of aromatic nitrogens is 2. The van der Waals surface area contributed by atoms with Gasteiger partial charge in [0.05, 0.1) is 10.8 Å². The number of hydrogen-bond acceptors (Lipinski definition) is 5. The molecular weight excluding hydrogens is 325 g/mol. The van der Waals surface area contributed by atoms with E-state index in [2.05, 4.69) is 15.1 Å². The van der Waals surface area contributed by atoms with Crippen molar-refractivity contribution in [2.24, 2.45) is 0 Å². The van der Waals surface area contributed by atoms with Crippen molar-refractivity contribution in [2.45, 2.75) is 25.3 Å². The smallest absolute Gasteiger partial charge is 0.257 e. The van der Waals surface area contributed by atoms with E-state index in [1.54, 1.807) is 11.3 Å². The van der Waals surface area contributed by atoms with Gasteiger partial charge in [0.25, 0.3) is 5.89 Å². The van der Waals surface area contributed by atoms with Crippen molar-refractivity contribution in [3.05, 3.63) is 59.0 Å². The fourth-order valence-corrected chi connectivity index (χ4v) is 3.79. The highest BCUT2D eigenvalue weighted by atomic mass is 32.1. The van der Waals surface area contributed by atoms with Gasteiger partial charge in [0.1, 0.15) is 5.82 Å². The molecule has 1 atom stereocenters. The molecule has 0 amide bonds. The van der Waals surface area contributed by atoms with Crippen LogP contribution in [0.15, 0.2) is 46.2 Å². The van der Waals surface area contributed by atoms with Gasteiger partial charge in [-0.2, -0.15) is 0 Å². The summed E-state index contributed by atoms with van der Waals surface area (Å²) in [4.78, 5) is 3.38. The van der Waals surface area contributed by atoms with Crippen LogP contribution >= 0.6 is 11.3 Å². The average molecular weight is 343 g/mol. The third-order valence-electron chi connectivity index (χ3n) is 4.35. The zero-order chi connectivity index (χ0) is 16.4. The van der Waals surface area contributed by atoms with Crippen LogP contribution in [0.4, 0.5) is 4.39 Å². The summed E-state index contributed by atoms with van der Waals surface area (Å²) in [5.41, 5.74) is 1.13. The van der Waals surface area contributed by atoms with Crippen molar-refractivity contribution in [2.75, 3.05) is 13.1 Å². The van der Waals surface area contributed by atoms with E-state index in [9.17, 15) is 4.39 Å². The number of hydrogen-bond donors (Lipinski definition) is 0. The van der Waals surface area contributed by atoms with Crippen LogP contribution in [0.2, 0.25) is 0 Å². The molecule has 0 radical (unpaired) electrons. The van der Waals surface area contributed by atoms with E-state index in [0.29, 0.717) is 5.89 Å². The van der Waals surface area contributed by atoms with Gasteiger partial charge in [0.2, 0.25) is 5.89 Å². The fraction of sp³-hybridized carbons (Fsp3) is 0.333. The molecule has 0 spiro atoms. The summed E-state index contributed by atoms with van der Waals surface area (Å²) < 4.78 is 18.9. The van der Waals surface area contributed by atoms with Crippen molar-refractivity contribution in [3.63, 3.8) is 0 Å². The minimum atomic E-state index is -0.192. The maximum absolute atomic E-state index is 13.0. The molecule has 0 saturated carbocycles. The van der Waals surface area contributed by atoms with Crippen molar-refractivity contribution in [1.29, 1.82) is 0 Å². The van der Waals surface area contributed by atoms with Gasteiger partial charge in [-0.05, 0) is 48.5 Å². The number of benzene rings is 1. The highest BCUT2D eigenvalue weighted by Crippen LogP contribution is 2.30. The molecule has 1 fully saturated rings. The van der Waals surface area contributed by atoms with Crippen LogP contribution in [0.1, 0.15) is 30.2 Å². The second-order valence-corrected chi connectivity index (χ2v) is 7.07. The Kier molecular flexibility index (Phi) is 4.40. The SMILES string of the molecule is Fc1ccc(CN2CCCC(c3nnc(-c4cccs4)o3)C2)cc1. The molecule has 6 heteroatoms. The normalized spacial score (nSPS) is 18.8. The largest absolute Gasteiger partial charge is 0.420 e. The summed E-state index contributed by atoms with van der Waals surface area (Å²) in [6.07, 6.45) is 2.16. The maximum Gasteiger partial charge on any atom is 0.257 e. The van der Waals surface area contributed by atoms with Gasteiger partial charge in [-0.3, -0.25) is 4.90 Å². The number of piperidine rings is 1. The highest BCUT2D eigenvalue weighted by Gasteiger charge is 2.26. The molecule has 24 heavy (non-hydrogen) atoms. The van der Waals surface area contributed by atoms with E-state index in [1.807, 2.05) is 29.6 Å². The Morgan fingerprint density at radius 2 is 2.08 bits per heavy atom. The van der Waals surface area contributed by atoms with Gasteiger partial charge in [-0.25, -0.2) is 4.39 Å². The zero-order valence-corrected chi connectivity index (χ0v) is 14.0. The van der Waals surface area contributed by atoms with Crippen molar-refractivity contribution >= 4 is 11.3 Å². The molecule has 2 aromatic heterocycles. The van der Waals surface area contributed by atoms with Crippen LogP contribution in [-0.4, -0.2) is 28.2 Å². The van der Waals surface area contributed by atoms with Crippen LogP contribution in [0, 0.1) is 5.82 Å². The second-order valence-electron chi connectivity index (χ2n) is 6.12. The summed E-state index contributed by atoms with van der Waals surface area (Å²) in [5.74, 6) is 1.40. The lowest BCUT2D eigenvalue weighted by Crippen LogP contribution is -2.34. The van der Waals surface area contributed by atoms with Crippen molar-refractivity contribution in [3.8, 4) is 10.8 Å². The predicted octanol–water partition coefficient (Wildman–Crippen LogP) is 4.32. The molecule has 0 aliphatic carbocycles. The molecule has 124 valence electrons. The first-order valence-electron chi connectivity index (χ1n) is 8.12. The summed E-state index contributed by atoms with van der Waals surface area (Å²) in [6.45, 7) is 2.76. The fourth-order valence-electron chi connectivity index (χ4n) is 3.15. The molecule has 1 aliphatic heterocycles. The number of halogens is 1. The zero-order valence-electron chi connectivity index (χ0n) is 13.2. The Hall–Kier alpha value is -2.05. The molecule has 3 aromatic rings. The van der Waals surface area contributed by atoms with E-state index in [0.717, 1.165) is 48.8 Å². The van der Waals surface area contributed by atoms with E-state index in [1.165, 1.54) is 12.1 Å². The first kappa shape index (κ1) is 15.5. The summed E-state index contributed by atoms with van der Waals surface area (Å²) in [5, 5.41) is 10.5. The van der Waals surface area contributed by atoms with Crippen molar-refractivity contribution in [1.82, 2.24) is 15.1 Å². The number of thiophene rings is 1. The van der Waals surface area contributed by atoms with Gasteiger partial charge in [-0.1, -0.05) is 18.2 Å². The molecule has 1 aliphatic rings. The standard InChI is InChI=1S/C18H18FN3OS/c19-15-7-5-13(6-8-15)11-22-9-1-3-14(12-22)17-20-21-18(23-17)16-4-2-10-24-16/h2,4-8,10,14H,1,3,9,11-12H2. The average Bonchev–Trinajstić information content (AvgIpc) is 3.28. The molecular formula is C18H18FN3OS. The van der Waals surface area contributed by atoms with Gasteiger partial charge in [0, 0.05) is 13.1 Å². The summed E-state index contributed by atoms with van der Waals surface area (Å²) >= 11 is 1.60. The minimum Gasteiger partial charge on any atom is -0.420 e. The molecule has 1 saturated heterocycles. The van der Waals surface area contributed by atoms with Crippen LogP contribution in [-0.2, 0) is 6.54 Å². The molecule has 1 unspecified atom stereocenters.